The molecule has 0 aliphatic rings. The fraction of sp³-hybridized carbons (Fsp3) is 0.700. The van der Waals surface area contributed by atoms with Gasteiger partial charge in [0.2, 0.25) is 11.8 Å². The van der Waals surface area contributed by atoms with Crippen LogP contribution in [0, 0.1) is 0 Å². The van der Waals surface area contributed by atoms with Crippen molar-refractivity contribution < 1.29 is 23.7 Å². The van der Waals surface area contributed by atoms with Gasteiger partial charge in [-0.1, -0.05) is 0 Å². The van der Waals surface area contributed by atoms with E-state index in [-0.39, 0.29) is 11.7 Å². The molecule has 0 aliphatic carbocycles. The van der Waals surface area contributed by atoms with Crippen LogP contribution in [0.5, 0.6) is 0 Å². The number of carbonyl (C=O) groups is 3. The Morgan fingerprint density at radius 2 is 1.83 bits per heavy atom. The molecular formula is C10H18N2O5S. The number of aliphatic carboxylic acids is 1. The lowest BCUT2D eigenvalue weighted by Crippen LogP contribution is -2.46. The van der Waals surface area contributed by atoms with Crippen molar-refractivity contribution in [1.82, 2.24) is 10.2 Å². The van der Waals surface area contributed by atoms with E-state index in [2.05, 4.69) is 5.32 Å². The predicted molar refractivity (Wildman–Crippen MR) is 66.4 cm³/mol. The van der Waals surface area contributed by atoms with Gasteiger partial charge in [-0.15, -0.1) is 0 Å². The molecule has 0 aromatic heterocycles. The third-order valence-electron chi connectivity index (χ3n) is 2.19. The average molecular weight is 278 g/mol. The Morgan fingerprint density at radius 3 is 2.17 bits per heavy atom. The summed E-state index contributed by atoms with van der Waals surface area (Å²) >= 11 is 0. The number of carbonyl (C=O) groups excluding carboxylic acids is 2. The second-order valence-corrected chi connectivity index (χ2v) is 5.82. The zero-order valence-corrected chi connectivity index (χ0v) is 11.6. The molecule has 2 N–H and O–H groups in total. The summed E-state index contributed by atoms with van der Waals surface area (Å²) in [6.45, 7) is 2.64. The van der Waals surface area contributed by atoms with Crippen LogP contribution in [0.1, 0.15) is 13.8 Å². The van der Waals surface area contributed by atoms with Gasteiger partial charge in [0.25, 0.3) is 0 Å². The quantitative estimate of drug-likeness (QED) is 0.635. The minimum absolute atomic E-state index is 0.296. The van der Waals surface area contributed by atoms with Crippen LogP contribution in [0.25, 0.3) is 0 Å². The number of hydrogen-bond acceptors (Lipinski definition) is 4. The van der Waals surface area contributed by atoms with Crippen LogP contribution in [0.15, 0.2) is 0 Å². The first-order valence-electron chi connectivity index (χ1n) is 5.25. The Kier molecular flexibility index (Phi) is 6.53. The molecule has 0 radical (unpaired) electrons. The number of rotatable bonds is 6. The van der Waals surface area contributed by atoms with Crippen LogP contribution in [0.2, 0.25) is 0 Å². The molecule has 0 saturated heterocycles. The molecule has 0 aliphatic heterocycles. The number of hydrogen-bond donors (Lipinski definition) is 2. The Labute approximate surface area is 108 Å². The molecule has 0 aromatic carbocycles. The van der Waals surface area contributed by atoms with E-state index in [1.807, 2.05) is 0 Å². The number of carboxylic acid groups (broad SMARTS) is 1. The van der Waals surface area contributed by atoms with Crippen LogP contribution in [-0.2, 0) is 25.2 Å². The lowest BCUT2D eigenvalue weighted by molar-refractivity contribution is -0.140. The lowest BCUT2D eigenvalue weighted by atomic mass is 10.3. The van der Waals surface area contributed by atoms with E-state index in [0.717, 1.165) is 0 Å². The smallest absolute Gasteiger partial charge is 0.327 e. The first-order chi connectivity index (χ1) is 8.16. The van der Waals surface area contributed by atoms with Crippen molar-refractivity contribution in [2.24, 2.45) is 0 Å². The first-order valence-corrected chi connectivity index (χ1v) is 6.63. The van der Waals surface area contributed by atoms with E-state index in [1.165, 1.54) is 32.8 Å². The Bertz CT molecular complexity index is 369. The fourth-order valence-electron chi connectivity index (χ4n) is 1.20. The van der Waals surface area contributed by atoms with Crippen LogP contribution in [-0.4, -0.2) is 63.1 Å². The molecular weight excluding hydrogens is 260 g/mol. The molecule has 18 heavy (non-hydrogen) atoms. The average Bonchev–Trinajstić information content (AvgIpc) is 2.24. The standard InChI is InChI=1S/C10H18N2O5S/c1-6(9(14)12(3)4)18(17)5-8(10(15)16)11-7(2)13/h6,8H,5H2,1-4H3,(H,11,13)(H,15,16). The Morgan fingerprint density at radius 1 is 1.33 bits per heavy atom. The zero-order chi connectivity index (χ0) is 14.5. The highest BCUT2D eigenvalue weighted by molar-refractivity contribution is 7.86. The highest BCUT2D eigenvalue weighted by Gasteiger charge is 2.27. The number of amides is 2. The van der Waals surface area contributed by atoms with Gasteiger partial charge >= 0.3 is 5.97 Å². The summed E-state index contributed by atoms with van der Waals surface area (Å²) in [5.74, 6) is -2.44. The topological polar surface area (TPSA) is 104 Å². The number of nitrogens with one attached hydrogen (secondary N) is 1. The molecule has 2 amide bonds. The van der Waals surface area contributed by atoms with Gasteiger partial charge in [-0.3, -0.25) is 13.8 Å². The van der Waals surface area contributed by atoms with Gasteiger partial charge in [-0.2, -0.15) is 0 Å². The van der Waals surface area contributed by atoms with E-state index in [9.17, 15) is 18.6 Å². The summed E-state index contributed by atoms with van der Waals surface area (Å²) in [5.41, 5.74) is 0. The van der Waals surface area contributed by atoms with E-state index in [0.29, 0.717) is 0 Å². The van der Waals surface area contributed by atoms with Crippen molar-refractivity contribution in [1.29, 1.82) is 0 Å². The Hall–Kier alpha value is -1.44. The summed E-state index contributed by atoms with van der Waals surface area (Å²) < 4.78 is 11.8. The van der Waals surface area contributed by atoms with Crippen LogP contribution >= 0.6 is 0 Å². The Balaban J connectivity index is 4.65. The molecule has 3 unspecified atom stereocenters. The summed E-state index contributed by atoms with van der Waals surface area (Å²) in [4.78, 5) is 34.5. The summed E-state index contributed by atoms with van der Waals surface area (Å²) in [6, 6.07) is -1.25. The summed E-state index contributed by atoms with van der Waals surface area (Å²) in [6.07, 6.45) is 0. The fourth-order valence-corrected chi connectivity index (χ4v) is 2.48. The molecule has 0 fully saturated rings. The van der Waals surface area contributed by atoms with Gasteiger partial charge < -0.3 is 15.3 Å². The molecule has 3 atom stereocenters. The second kappa shape index (κ2) is 7.10. The molecule has 0 saturated carbocycles. The molecule has 0 heterocycles. The maximum Gasteiger partial charge on any atom is 0.327 e. The van der Waals surface area contributed by atoms with Crippen molar-refractivity contribution in [3.05, 3.63) is 0 Å². The minimum Gasteiger partial charge on any atom is -0.480 e. The summed E-state index contributed by atoms with van der Waals surface area (Å²) in [7, 11) is 1.38. The number of carboxylic acids is 1. The first kappa shape index (κ1) is 16.6. The zero-order valence-electron chi connectivity index (χ0n) is 10.8. The molecule has 0 rings (SSSR count). The van der Waals surface area contributed by atoms with Gasteiger partial charge in [0.15, 0.2) is 0 Å². The van der Waals surface area contributed by atoms with Crippen molar-refractivity contribution in [2.75, 3.05) is 19.8 Å². The lowest BCUT2D eigenvalue weighted by Gasteiger charge is -2.18. The molecule has 104 valence electrons. The van der Waals surface area contributed by atoms with E-state index in [4.69, 9.17) is 5.11 Å². The van der Waals surface area contributed by atoms with Gasteiger partial charge in [0.05, 0.1) is 5.75 Å². The minimum atomic E-state index is -1.67. The highest BCUT2D eigenvalue weighted by atomic mass is 32.2. The third kappa shape index (κ3) is 5.26. The third-order valence-corrected chi connectivity index (χ3v) is 3.84. The van der Waals surface area contributed by atoms with Gasteiger partial charge in [0.1, 0.15) is 11.3 Å². The predicted octanol–water partition coefficient (Wildman–Crippen LogP) is -1.20. The number of nitrogens with zero attached hydrogens (tertiary/aromatic N) is 1. The normalized spacial score (nSPS) is 15.3. The SMILES string of the molecule is CC(=O)NC(CS(=O)C(C)C(=O)N(C)C)C(=O)O. The maximum absolute atomic E-state index is 11.8. The van der Waals surface area contributed by atoms with E-state index < -0.39 is 34.0 Å². The van der Waals surface area contributed by atoms with Crippen molar-refractivity contribution >= 4 is 28.6 Å². The summed E-state index contributed by atoms with van der Waals surface area (Å²) in [5, 5.41) is 10.2. The second-order valence-electron chi connectivity index (χ2n) is 4.01. The molecule has 0 bridgehead atoms. The van der Waals surface area contributed by atoms with Crippen LogP contribution in [0.3, 0.4) is 0 Å². The van der Waals surface area contributed by atoms with Crippen LogP contribution < -0.4 is 5.32 Å². The van der Waals surface area contributed by atoms with E-state index >= 15 is 0 Å². The molecule has 0 spiro atoms. The van der Waals surface area contributed by atoms with Crippen molar-refractivity contribution in [3.63, 3.8) is 0 Å². The van der Waals surface area contributed by atoms with E-state index in [1.54, 1.807) is 0 Å². The van der Waals surface area contributed by atoms with Crippen molar-refractivity contribution in [2.45, 2.75) is 25.1 Å². The molecule has 8 heteroatoms. The maximum atomic E-state index is 11.8. The largest absolute Gasteiger partial charge is 0.480 e. The van der Waals surface area contributed by atoms with Crippen molar-refractivity contribution in [3.8, 4) is 0 Å². The monoisotopic (exact) mass is 278 g/mol. The van der Waals surface area contributed by atoms with Crippen LogP contribution in [0.4, 0.5) is 0 Å². The van der Waals surface area contributed by atoms with Gasteiger partial charge in [-0.05, 0) is 6.92 Å². The highest BCUT2D eigenvalue weighted by Crippen LogP contribution is 2.02. The molecule has 7 nitrogen and oxygen atoms in total. The van der Waals surface area contributed by atoms with Gasteiger partial charge in [-0.25, -0.2) is 4.79 Å². The molecule has 0 aromatic rings. The van der Waals surface area contributed by atoms with Gasteiger partial charge in [0, 0.05) is 31.8 Å².